The van der Waals surface area contributed by atoms with Crippen molar-refractivity contribution in [3.8, 4) is 16.9 Å². The van der Waals surface area contributed by atoms with Gasteiger partial charge in [-0.1, -0.05) is 0 Å². The summed E-state index contributed by atoms with van der Waals surface area (Å²) in [5.41, 5.74) is 2.58. The molecule has 2 amide bonds. The van der Waals surface area contributed by atoms with Crippen LogP contribution in [0.25, 0.3) is 11.1 Å². The predicted octanol–water partition coefficient (Wildman–Crippen LogP) is 5.50. The van der Waals surface area contributed by atoms with Crippen molar-refractivity contribution in [1.29, 1.82) is 0 Å². The van der Waals surface area contributed by atoms with E-state index in [0.717, 1.165) is 50.4 Å². The van der Waals surface area contributed by atoms with Gasteiger partial charge in [0, 0.05) is 79.1 Å². The number of benzene rings is 2. The molecule has 0 bridgehead atoms. The van der Waals surface area contributed by atoms with Crippen molar-refractivity contribution in [2.75, 3.05) is 43.5 Å². The van der Waals surface area contributed by atoms with Crippen molar-refractivity contribution in [3.63, 3.8) is 0 Å². The standard InChI is InChI=1S/C38H42F4N6O4/c1-46-20-28(26-18-43-19-27(26)37(46)51)24-15-31(39)29(34(16-24)52-2)21-47-11-7-22(8-12-47)23-9-13-48(14-10-23)33-5-3-25(17-30(33)38(40,41)42)44-32-4-6-35(49)45-36(32)50/h3,5,15-18,20,22-23,32,44H,4,6-14,19,21H2,1-2H3,(H,45,49,50). The van der Waals surface area contributed by atoms with E-state index in [-0.39, 0.29) is 41.5 Å². The Morgan fingerprint density at radius 1 is 0.981 bits per heavy atom. The van der Waals surface area contributed by atoms with Gasteiger partial charge in [0.1, 0.15) is 17.6 Å². The molecular formula is C38H42F4N6O4. The Morgan fingerprint density at radius 3 is 2.37 bits per heavy atom. The van der Waals surface area contributed by atoms with Crippen molar-refractivity contribution in [3.05, 3.63) is 75.0 Å². The first kappa shape index (κ1) is 35.7. The minimum absolute atomic E-state index is 0.113. The number of aromatic nitrogens is 1. The summed E-state index contributed by atoms with van der Waals surface area (Å²) in [6, 6.07) is 6.63. The number of carbonyl (C=O) groups is 2. The molecule has 5 heterocycles. The average Bonchev–Trinajstić information content (AvgIpc) is 3.62. The molecule has 3 saturated heterocycles. The Hall–Kier alpha value is -4.72. The molecule has 0 aliphatic carbocycles. The number of aliphatic imine (C=N–C) groups is 1. The van der Waals surface area contributed by atoms with Gasteiger partial charge in [0.15, 0.2) is 0 Å². The van der Waals surface area contributed by atoms with Crippen LogP contribution in [-0.4, -0.2) is 66.8 Å². The molecule has 10 nitrogen and oxygen atoms in total. The number of imide groups is 1. The number of fused-ring (bicyclic) bond motifs is 1. The maximum Gasteiger partial charge on any atom is 0.418 e. The smallest absolute Gasteiger partial charge is 0.418 e. The molecule has 1 unspecified atom stereocenters. The maximum atomic E-state index is 15.8. The van der Waals surface area contributed by atoms with E-state index in [2.05, 4.69) is 20.5 Å². The number of aryl methyl sites for hydroxylation is 1. The second-order valence-corrected chi connectivity index (χ2v) is 14.3. The summed E-state index contributed by atoms with van der Waals surface area (Å²) in [5.74, 6) is -0.0396. The molecule has 3 aromatic rings. The summed E-state index contributed by atoms with van der Waals surface area (Å²) in [4.78, 5) is 44.4. The van der Waals surface area contributed by atoms with Crippen LogP contribution in [0.15, 0.2) is 46.3 Å². The van der Waals surface area contributed by atoms with Crippen LogP contribution in [-0.2, 0) is 35.9 Å². The summed E-state index contributed by atoms with van der Waals surface area (Å²) >= 11 is 0. The summed E-state index contributed by atoms with van der Waals surface area (Å²) in [6.07, 6.45) is 2.54. The molecule has 0 radical (unpaired) electrons. The highest BCUT2D eigenvalue weighted by atomic mass is 19.4. The van der Waals surface area contributed by atoms with Gasteiger partial charge in [-0.05, 0) is 92.9 Å². The monoisotopic (exact) mass is 722 g/mol. The number of nitrogens with one attached hydrogen (secondary N) is 2. The molecule has 1 atom stereocenters. The summed E-state index contributed by atoms with van der Waals surface area (Å²) < 4.78 is 65.7. The fourth-order valence-corrected chi connectivity index (χ4v) is 8.25. The predicted molar refractivity (Wildman–Crippen MR) is 189 cm³/mol. The second kappa shape index (κ2) is 14.4. The maximum absolute atomic E-state index is 15.8. The molecular weight excluding hydrogens is 680 g/mol. The van der Waals surface area contributed by atoms with Gasteiger partial charge >= 0.3 is 6.18 Å². The van der Waals surface area contributed by atoms with E-state index >= 15 is 4.39 Å². The van der Waals surface area contributed by atoms with Crippen LogP contribution in [0.1, 0.15) is 60.8 Å². The Kier molecular flexibility index (Phi) is 9.85. The van der Waals surface area contributed by atoms with Crippen LogP contribution in [0.2, 0.25) is 0 Å². The van der Waals surface area contributed by atoms with Crippen molar-refractivity contribution in [2.24, 2.45) is 23.9 Å². The lowest BCUT2D eigenvalue weighted by atomic mass is 9.78. The molecule has 4 aliphatic heterocycles. The first-order valence-electron chi connectivity index (χ1n) is 17.8. The number of amides is 2. The van der Waals surface area contributed by atoms with Crippen molar-refractivity contribution in [2.45, 2.75) is 63.8 Å². The summed E-state index contributed by atoms with van der Waals surface area (Å²) in [6.45, 7) is 3.27. The molecule has 14 heteroatoms. The molecule has 0 spiro atoms. The van der Waals surface area contributed by atoms with Gasteiger partial charge in [-0.15, -0.1) is 0 Å². The quantitative estimate of drug-likeness (QED) is 0.234. The average molecular weight is 723 g/mol. The molecule has 3 fully saturated rings. The molecule has 1 aromatic heterocycles. The number of hydrogen-bond donors (Lipinski definition) is 2. The van der Waals surface area contributed by atoms with Gasteiger partial charge in [-0.25, -0.2) is 4.39 Å². The van der Waals surface area contributed by atoms with Gasteiger partial charge in [0.2, 0.25) is 11.8 Å². The first-order chi connectivity index (χ1) is 24.9. The highest BCUT2D eigenvalue weighted by Crippen LogP contribution is 2.42. The number of halogens is 4. The number of anilines is 2. The lowest BCUT2D eigenvalue weighted by Crippen LogP contribution is -2.47. The summed E-state index contributed by atoms with van der Waals surface area (Å²) in [5, 5.41) is 5.08. The van der Waals surface area contributed by atoms with Crippen LogP contribution in [0.5, 0.6) is 5.75 Å². The minimum atomic E-state index is -4.58. The minimum Gasteiger partial charge on any atom is -0.496 e. The Bertz CT molecular complexity index is 1960. The molecule has 2 aromatic carbocycles. The van der Waals surface area contributed by atoms with Crippen LogP contribution >= 0.6 is 0 Å². The second-order valence-electron chi connectivity index (χ2n) is 14.3. The van der Waals surface area contributed by atoms with E-state index in [9.17, 15) is 27.6 Å². The zero-order valence-electron chi connectivity index (χ0n) is 29.2. The largest absolute Gasteiger partial charge is 0.496 e. The number of rotatable bonds is 8. The number of pyridine rings is 1. The van der Waals surface area contributed by atoms with Gasteiger partial charge < -0.3 is 19.5 Å². The van der Waals surface area contributed by atoms with E-state index in [1.807, 2.05) is 6.07 Å². The first-order valence-corrected chi connectivity index (χ1v) is 17.8. The van der Waals surface area contributed by atoms with E-state index in [0.29, 0.717) is 66.0 Å². The molecule has 276 valence electrons. The molecule has 4 aliphatic rings. The van der Waals surface area contributed by atoms with Crippen molar-refractivity contribution < 1.29 is 31.9 Å². The number of methoxy groups -OCH3 is 1. The van der Waals surface area contributed by atoms with Crippen LogP contribution in [0.4, 0.5) is 28.9 Å². The third-order valence-corrected chi connectivity index (χ3v) is 11.1. The van der Waals surface area contributed by atoms with E-state index < -0.39 is 23.7 Å². The van der Waals surface area contributed by atoms with E-state index in [1.165, 1.54) is 23.8 Å². The number of piperidine rings is 3. The lowest BCUT2D eigenvalue weighted by molar-refractivity contribution is -0.137. The van der Waals surface area contributed by atoms with Gasteiger partial charge in [-0.3, -0.25) is 29.6 Å². The number of hydrogen-bond acceptors (Lipinski definition) is 8. The molecule has 7 rings (SSSR count). The molecule has 52 heavy (non-hydrogen) atoms. The highest BCUT2D eigenvalue weighted by Gasteiger charge is 2.38. The Labute approximate surface area is 298 Å². The highest BCUT2D eigenvalue weighted by molar-refractivity contribution is 6.01. The van der Waals surface area contributed by atoms with Crippen LogP contribution in [0, 0.1) is 17.7 Å². The fraction of sp³-hybridized carbons (Fsp3) is 0.474. The van der Waals surface area contributed by atoms with Gasteiger partial charge in [-0.2, -0.15) is 13.2 Å². The number of alkyl halides is 3. The zero-order chi connectivity index (χ0) is 36.7. The summed E-state index contributed by atoms with van der Waals surface area (Å²) in [7, 11) is 3.20. The zero-order valence-corrected chi connectivity index (χ0v) is 29.2. The number of carbonyl (C=O) groups excluding carboxylic acids is 2. The number of nitrogens with zero attached hydrogens (tertiary/aromatic N) is 4. The van der Waals surface area contributed by atoms with Crippen LogP contribution in [0.3, 0.4) is 0 Å². The number of ether oxygens (including phenoxy) is 1. The van der Waals surface area contributed by atoms with E-state index in [4.69, 9.17) is 4.74 Å². The van der Waals surface area contributed by atoms with E-state index in [1.54, 1.807) is 30.4 Å². The van der Waals surface area contributed by atoms with Gasteiger partial charge in [0.25, 0.3) is 5.56 Å². The normalized spacial score (nSPS) is 20.3. The third-order valence-electron chi connectivity index (χ3n) is 11.1. The SMILES string of the molecule is COc1cc(-c2cn(C)c(=O)c3c2C=NC3)cc(F)c1CN1CCC(C2CCN(c3ccc(NC4CCC(=O)NC4=O)cc3C(F)(F)F)CC2)CC1. The Balaban J connectivity index is 0.962. The van der Waals surface area contributed by atoms with Crippen molar-refractivity contribution >= 4 is 29.4 Å². The van der Waals surface area contributed by atoms with Crippen LogP contribution < -0.4 is 25.8 Å². The Morgan fingerprint density at radius 2 is 1.69 bits per heavy atom. The third kappa shape index (κ3) is 7.17. The molecule has 0 saturated carbocycles. The number of likely N-dealkylation sites (tertiary alicyclic amines) is 1. The topological polar surface area (TPSA) is 108 Å². The van der Waals surface area contributed by atoms with Gasteiger partial charge in [0.05, 0.1) is 19.2 Å². The van der Waals surface area contributed by atoms with Crippen molar-refractivity contribution in [1.82, 2.24) is 14.8 Å². The fourth-order valence-electron chi connectivity index (χ4n) is 8.25. The lowest BCUT2D eigenvalue weighted by Gasteiger charge is -2.41. The molecule has 2 N–H and O–H groups in total.